The van der Waals surface area contributed by atoms with Gasteiger partial charge < -0.3 is 9.22 Å². The zero-order valence-corrected chi connectivity index (χ0v) is 15.4. The molecule has 0 N–H and O–H groups in total. The summed E-state index contributed by atoms with van der Waals surface area (Å²) >= 11 is 0. The fraction of sp³-hybridized carbons (Fsp3) is 0.409. The van der Waals surface area contributed by atoms with Crippen LogP contribution in [0.2, 0.25) is 0 Å². The number of likely N-dealkylation sites (tertiary alicyclic amines) is 1. The third kappa shape index (κ3) is 3.62. The van der Waals surface area contributed by atoms with Gasteiger partial charge in [-0.3, -0.25) is 4.79 Å². The van der Waals surface area contributed by atoms with Gasteiger partial charge in [-0.05, 0) is 24.0 Å². The number of benzene rings is 2. The van der Waals surface area contributed by atoms with Gasteiger partial charge in [-0.2, -0.15) is 0 Å². The van der Waals surface area contributed by atoms with E-state index in [1.807, 2.05) is 12.1 Å². The zero-order chi connectivity index (χ0) is 17.9. The summed E-state index contributed by atoms with van der Waals surface area (Å²) in [5.41, 5.74) is 2.16. The predicted octanol–water partition coefficient (Wildman–Crippen LogP) is 3.77. The third-order valence-corrected chi connectivity index (χ3v) is 5.43. The number of quaternary nitrogens is 1. The number of carbonyl (C=O) groups is 1. The quantitative estimate of drug-likeness (QED) is 0.629. The lowest BCUT2D eigenvalue weighted by Crippen LogP contribution is -2.52. The maximum Gasteiger partial charge on any atom is 0.303 e. The summed E-state index contributed by atoms with van der Waals surface area (Å²) in [5.74, 6) is -0.205. The summed E-state index contributed by atoms with van der Waals surface area (Å²) < 4.78 is 6.84. The van der Waals surface area contributed by atoms with Crippen LogP contribution in [0.25, 0.3) is 0 Å². The highest BCUT2D eigenvalue weighted by Gasteiger charge is 2.48. The van der Waals surface area contributed by atoms with Gasteiger partial charge in [0.1, 0.15) is 6.54 Å². The molecule has 3 nitrogen and oxygen atoms in total. The molecule has 1 aliphatic heterocycles. The van der Waals surface area contributed by atoms with Crippen molar-refractivity contribution >= 4 is 5.97 Å². The molecule has 1 heterocycles. The van der Waals surface area contributed by atoms with Gasteiger partial charge in [0.25, 0.3) is 0 Å². The fourth-order valence-electron chi connectivity index (χ4n) is 4.28. The van der Waals surface area contributed by atoms with Crippen molar-refractivity contribution in [3.63, 3.8) is 0 Å². The standard InChI is InChI=1S/C22H28NO2/c1-18(24)25-21-17-23(2,3)16-10-15-22(21,19-11-6-4-7-12-19)20-13-8-5-9-14-20/h4-9,11-14,21H,10,15-17H2,1-3H3/q+1. The van der Waals surface area contributed by atoms with Crippen LogP contribution in [0.5, 0.6) is 0 Å². The largest absolute Gasteiger partial charge is 0.455 e. The van der Waals surface area contributed by atoms with Crippen molar-refractivity contribution in [1.82, 2.24) is 0 Å². The van der Waals surface area contributed by atoms with Gasteiger partial charge in [0.2, 0.25) is 0 Å². The Hall–Kier alpha value is -2.13. The molecule has 0 aliphatic carbocycles. The topological polar surface area (TPSA) is 26.3 Å². The second-order valence-electron chi connectivity index (χ2n) is 7.75. The zero-order valence-electron chi connectivity index (χ0n) is 15.4. The molecule has 1 aliphatic rings. The molecule has 0 radical (unpaired) electrons. The molecule has 3 rings (SSSR count). The predicted molar refractivity (Wildman–Crippen MR) is 100 cm³/mol. The number of hydrogen-bond donors (Lipinski definition) is 0. The van der Waals surface area contributed by atoms with Crippen molar-refractivity contribution in [2.45, 2.75) is 31.3 Å². The van der Waals surface area contributed by atoms with Crippen LogP contribution in [0.3, 0.4) is 0 Å². The maximum atomic E-state index is 12.0. The highest BCUT2D eigenvalue weighted by Crippen LogP contribution is 2.43. The van der Waals surface area contributed by atoms with Crippen LogP contribution in [0.1, 0.15) is 30.9 Å². The van der Waals surface area contributed by atoms with E-state index in [-0.39, 0.29) is 17.5 Å². The first kappa shape index (κ1) is 17.7. The SMILES string of the molecule is CC(=O)OC1C[N+](C)(C)CCCC1(c1ccccc1)c1ccccc1. The molecule has 0 bridgehead atoms. The summed E-state index contributed by atoms with van der Waals surface area (Å²) in [6, 6.07) is 21.1. The van der Waals surface area contributed by atoms with Crippen molar-refractivity contribution in [2.24, 2.45) is 0 Å². The van der Waals surface area contributed by atoms with Crippen LogP contribution in [0, 0.1) is 0 Å². The van der Waals surface area contributed by atoms with Crippen molar-refractivity contribution in [3.8, 4) is 0 Å². The molecule has 2 aromatic rings. The Balaban J connectivity index is 2.21. The van der Waals surface area contributed by atoms with E-state index in [2.05, 4.69) is 62.6 Å². The van der Waals surface area contributed by atoms with Crippen LogP contribution >= 0.6 is 0 Å². The van der Waals surface area contributed by atoms with Crippen LogP contribution in [-0.2, 0) is 14.9 Å². The van der Waals surface area contributed by atoms with Gasteiger partial charge in [0.15, 0.2) is 6.10 Å². The van der Waals surface area contributed by atoms with E-state index in [1.54, 1.807) is 0 Å². The summed E-state index contributed by atoms with van der Waals surface area (Å²) in [7, 11) is 4.45. The van der Waals surface area contributed by atoms with Crippen LogP contribution in [-0.4, -0.2) is 43.7 Å². The van der Waals surface area contributed by atoms with Gasteiger partial charge in [-0.25, -0.2) is 0 Å². The van der Waals surface area contributed by atoms with E-state index in [1.165, 1.54) is 18.1 Å². The Morgan fingerprint density at radius 3 is 2.00 bits per heavy atom. The minimum Gasteiger partial charge on any atom is -0.455 e. The highest BCUT2D eigenvalue weighted by atomic mass is 16.5. The molecule has 0 saturated carbocycles. The van der Waals surface area contributed by atoms with E-state index in [0.29, 0.717) is 0 Å². The van der Waals surface area contributed by atoms with E-state index < -0.39 is 0 Å². The molecule has 132 valence electrons. The van der Waals surface area contributed by atoms with E-state index in [0.717, 1.165) is 30.4 Å². The first-order valence-electron chi connectivity index (χ1n) is 9.04. The Kier molecular flexibility index (Phi) is 4.96. The lowest BCUT2D eigenvalue weighted by atomic mass is 9.67. The lowest BCUT2D eigenvalue weighted by Gasteiger charge is -2.41. The number of likely N-dealkylation sites (N-methyl/N-ethyl adjacent to an activating group) is 1. The maximum absolute atomic E-state index is 12.0. The molecule has 0 spiro atoms. The Morgan fingerprint density at radius 1 is 1.00 bits per heavy atom. The normalized spacial score (nSPS) is 22.0. The second-order valence-corrected chi connectivity index (χ2v) is 7.75. The van der Waals surface area contributed by atoms with Crippen molar-refractivity contribution in [2.75, 3.05) is 27.2 Å². The number of carbonyl (C=O) groups excluding carboxylic acids is 1. The summed E-state index contributed by atoms with van der Waals surface area (Å²) in [6.45, 7) is 3.41. The molecule has 1 unspecified atom stereocenters. The van der Waals surface area contributed by atoms with E-state index in [9.17, 15) is 4.79 Å². The Morgan fingerprint density at radius 2 is 1.52 bits per heavy atom. The molecule has 25 heavy (non-hydrogen) atoms. The number of rotatable bonds is 3. The number of ether oxygens (including phenoxy) is 1. The van der Waals surface area contributed by atoms with Crippen molar-refractivity contribution in [1.29, 1.82) is 0 Å². The number of hydrogen-bond acceptors (Lipinski definition) is 2. The van der Waals surface area contributed by atoms with Gasteiger partial charge in [0.05, 0.1) is 26.1 Å². The molecular formula is C22H28NO2+. The first-order valence-corrected chi connectivity index (χ1v) is 9.04. The van der Waals surface area contributed by atoms with Gasteiger partial charge in [0, 0.05) is 6.92 Å². The molecule has 1 atom stereocenters. The minimum absolute atomic E-state index is 0.188. The van der Waals surface area contributed by atoms with Crippen molar-refractivity contribution in [3.05, 3.63) is 71.8 Å². The van der Waals surface area contributed by atoms with Crippen LogP contribution < -0.4 is 0 Å². The number of esters is 1. The van der Waals surface area contributed by atoms with E-state index >= 15 is 0 Å². The monoisotopic (exact) mass is 338 g/mol. The summed E-state index contributed by atoms with van der Waals surface area (Å²) in [6.07, 6.45) is 1.88. The van der Waals surface area contributed by atoms with Gasteiger partial charge in [-0.15, -0.1) is 0 Å². The third-order valence-electron chi connectivity index (χ3n) is 5.43. The van der Waals surface area contributed by atoms with Crippen LogP contribution in [0.15, 0.2) is 60.7 Å². The summed E-state index contributed by atoms with van der Waals surface area (Å²) in [5, 5.41) is 0. The molecule has 1 fully saturated rings. The minimum atomic E-state index is -0.305. The second kappa shape index (κ2) is 7.01. The molecule has 3 heteroatoms. The lowest BCUT2D eigenvalue weighted by molar-refractivity contribution is -0.892. The Labute approximate surface area is 150 Å². The van der Waals surface area contributed by atoms with Gasteiger partial charge in [-0.1, -0.05) is 60.7 Å². The molecular weight excluding hydrogens is 310 g/mol. The molecule has 0 aromatic heterocycles. The molecule has 0 amide bonds. The van der Waals surface area contributed by atoms with Gasteiger partial charge >= 0.3 is 5.97 Å². The summed E-state index contributed by atoms with van der Waals surface area (Å²) in [4.78, 5) is 12.0. The molecule has 1 saturated heterocycles. The molecule has 2 aromatic carbocycles. The Bertz CT molecular complexity index is 670. The van der Waals surface area contributed by atoms with E-state index in [4.69, 9.17) is 4.74 Å². The van der Waals surface area contributed by atoms with Crippen LogP contribution in [0.4, 0.5) is 0 Å². The highest BCUT2D eigenvalue weighted by molar-refractivity contribution is 5.66. The van der Waals surface area contributed by atoms with Crippen molar-refractivity contribution < 1.29 is 14.0 Å². The average Bonchev–Trinajstić information content (AvgIpc) is 2.72. The fourth-order valence-corrected chi connectivity index (χ4v) is 4.28. The average molecular weight is 338 g/mol. The number of nitrogens with zero attached hydrogens (tertiary/aromatic N) is 1. The smallest absolute Gasteiger partial charge is 0.303 e. The first-order chi connectivity index (χ1) is 11.9.